The molecule has 33 heavy (non-hydrogen) atoms. The molecule has 2 aromatic carbocycles. The minimum absolute atomic E-state index is 0.0323. The number of nitrogens with zero attached hydrogens (tertiary/aromatic N) is 1. The lowest BCUT2D eigenvalue weighted by atomic mass is 10.1. The third-order valence-electron chi connectivity index (χ3n) is 5.15. The molecule has 11 heteroatoms. The van der Waals surface area contributed by atoms with Gasteiger partial charge in [0, 0.05) is 19.2 Å². The Labute approximate surface area is 198 Å². The highest BCUT2D eigenvalue weighted by molar-refractivity contribution is 7.94. The number of anilines is 1. The van der Waals surface area contributed by atoms with Gasteiger partial charge in [-0.25, -0.2) is 8.42 Å². The highest BCUT2D eigenvalue weighted by atomic mass is 35.5. The summed E-state index contributed by atoms with van der Waals surface area (Å²) in [6.45, 7) is 1.20. The van der Waals surface area contributed by atoms with Crippen LogP contribution in [0.2, 0.25) is 5.02 Å². The molecule has 1 aromatic heterocycles. The first-order valence-electron chi connectivity index (χ1n) is 9.97. The van der Waals surface area contributed by atoms with E-state index in [1.807, 2.05) is 42.3 Å². The van der Waals surface area contributed by atoms with Crippen LogP contribution in [0.1, 0.15) is 12.0 Å². The average molecular weight is 517 g/mol. The van der Waals surface area contributed by atoms with Crippen molar-refractivity contribution in [3.05, 3.63) is 65.2 Å². The molecule has 1 fully saturated rings. The van der Waals surface area contributed by atoms with Gasteiger partial charge < -0.3 is 9.64 Å². The van der Waals surface area contributed by atoms with Gasteiger partial charge in [-0.3, -0.25) is 4.72 Å². The second-order valence-electron chi connectivity index (χ2n) is 7.71. The highest BCUT2D eigenvalue weighted by Crippen LogP contribution is 2.41. The first-order valence-corrected chi connectivity index (χ1v) is 12.6. The zero-order valence-electron chi connectivity index (χ0n) is 17.4. The fraction of sp³-hybridized carbons (Fsp3) is 0.273. The SMILES string of the molecule is CN1CCC(Oc2cc(NS(=O)(=O)c3cc(Cl)c(-c4ccccc4)s3)ccc2C(F)(F)F)C1. The summed E-state index contributed by atoms with van der Waals surface area (Å²) in [4.78, 5) is 2.54. The van der Waals surface area contributed by atoms with Gasteiger partial charge >= 0.3 is 6.18 Å². The van der Waals surface area contributed by atoms with Gasteiger partial charge in [0.05, 0.1) is 21.2 Å². The third kappa shape index (κ3) is 5.46. The number of nitrogens with one attached hydrogen (secondary N) is 1. The maximum absolute atomic E-state index is 13.5. The molecule has 2 heterocycles. The lowest BCUT2D eigenvalue weighted by Crippen LogP contribution is -2.23. The van der Waals surface area contributed by atoms with Crippen molar-refractivity contribution in [2.75, 3.05) is 24.9 Å². The number of likely N-dealkylation sites (tertiary alicyclic amines) is 1. The van der Waals surface area contributed by atoms with Crippen molar-refractivity contribution in [3.8, 4) is 16.2 Å². The normalized spacial score (nSPS) is 17.3. The maximum atomic E-state index is 13.5. The van der Waals surface area contributed by atoms with Crippen LogP contribution in [0.4, 0.5) is 18.9 Å². The number of rotatable bonds is 6. The first kappa shape index (κ1) is 23.9. The van der Waals surface area contributed by atoms with Crippen molar-refractivity contribution in [3.63, 3.8) is 0 Å². The molecule has 1 N–H and O–H groups in total. The Hall–Kier alpha value is -2.27. The van der Waals surface area contributed by atoms with Gasteiger partial charge in [0.25, 0.3) is 10.0 Å². The molecule has 0 amide bonds. The Morgan fingerprint density at radius 3 is 2.52 bits per heavy atom. The number of benzene rings is 2. The Morgan fingerprint density at radius 2 is 1.88 bits per heavy atom. The van der Waals surface area contributed by atoms with Gasteiger partial charge in [-0.15, -0.1) is 11.3 Å². The van der Waals surface area contributed by atoms with E-state index in [0.29, 0.717) is 24.4 Å². The van der Waals surface area contributed by atoms with E-state index >= 15 is 0 Å². The summed E-state index contributed by atoms with van der Waals surface area (Å²) < 4.78 is 74.3. The Morgan fingerprint density at radius 1 is 1.15 bits per heavy atom. The Kier molecular flexibility index (Phi) is 6.63. The molecule has 176 valence electrons. The number of thiophene rings is 1. The molecule has 0 bridgehead atoms. The molecule has 0 saturated carbocycles. The lowest BCUT2D eigenvalue weighted by Gasteiger charge is -2.19. The molecule has 0 aliphatic carbocycles. The zero-order chi connectivity index (χ0) is 23.8. The fourth-order valence-electron chi connectivity index (χ4n) is 3.56. The van der Waals surface area contributed by atoms with Crippen molar-refractivity contribution in [2.24, 2.45) is 0 Å². The van der Waals surface area contributed by atoms with E-state index in [4.69, 9.17) is 16.3 Å². The molecule has 1 aliphatic rings. The predicted octanol–water partition coefficient (Wildman–Crippen LogP) is 5.97. The number of likely N-dealkylation sites (N-methyl/N-ethyl adjacent to an activating group) is 1. The third-order valence-corrected chi connectivity index (χ3v) is 8.60. The van der Waals surface area contributed by atoms with Crippen LogP contribution in [-0.4, -0.2) is 39.6 Å². The molecular weight excluding hydrogens is 497 g/mol. The van der Waals surface area contributed by atoms with Gasteiger partial charge in [-0.1, -0.05) is 41.9 Å². The number of sulfonamides is 1. The number of halogens is 4. The number of ether oxygens (including phenoxy) is 1. The van der Waals surface area contributed by atoms with Crippen LogP contribution in [0.5, 0.6) is 5.75 Å². The topological polar surface area (TPSA) is 58.6 Å². The van der Waals surface area contributed by atoms with Crippen LogP contribution in [0.3, 0.4) is 0 Å². The molecule has 0 spiro atoms. The number of alkyl halides is 3. The molecule has 5 nitrogen and oxygen atoms in total. The monoisotopic (exact) mass is 516 g/mol. The van der Waals surface area contributed by atoms with Crippen molar-refractivity contribution >= 4 is 38.6 Å². The molecular formula is C22H20ClF3N2O3S2. The molecule has 1 aliphatic heterocycles. The summed E-state index contributed by atoms with van der Waals surface area (Å²) in [5.74, 6) is -0.405. The van der Waals surface area contributed by atoms with Crippen LogP contribution < -0.4 is 9.46 Å². The summed E-state index contributed by atoms with van der Waals surface area (Å²) in [6, 6.07) is 13.4. The minimum atomic E-state index is -4.64. The second kappa shape index (κ2) is 9.17. The van der Waals surface area contributed by atoms with Gasteiger partial charge in [-0.2, -0.15) is 13.2 Å². The molecule has 1 saturated heterocycles. The predicted molar refractivity (Wildman–Crippen MR) is 124 cm³/mol. The quantitative estimate of drug-likeness (QED) is 0.438. The van der Waals surface area contributed by atoms with E-state index in [1.165, 1.54) is 6.07 Å². The van der Waals surface area contributed by atoms with Gasteiger partial charge in [0.1, 0.15) is 16.1 Å². The molecule has 3 aromatic rings. The summed E-state index contributed by atoms with van der Waals surface area (Å²) in [6.07, 6.45) is -4.46. The lowest BCUT2D eigenvalue weighted by molar-refractivity contribution is -0.139. The van der Waals surface area contributed by atoms with Crippen LogP contribution in [0.15, 0.2) is 58.8 Å². The Balaban J connectivity index is 1.62. The maximum Gasteiger partial charge on any atom is 0.419 e. The average Bonchev–Trinajstić information content (AvgIpc) is 3.33. The largest absolute Gasteiger partial charge is 0.488 e. The van der Waals surface area contributed by atoms with Crippen molar-refractivity contribution in [1.29, 1.82) is 0 Å². The highest BCUT2D eigenvalue weighted by Gasteiger charge is 2.36. The van der Waals surface area contributed by atoms with E-state index in [0.717, 1.165) is 35.1 Å². The van der Waals surface area contributed by atoms with E-state index in [-0.39, 0.29) is 14.9 Å². The van der Waals surface area contributed by atoms with E-state index in [2.05, 4.69) is 4.72 Å². The summed E-state index contributed by atoms with van der Waals surface area (Å²) in [5.41, 5.74) is -0.221. The van der Waals surface area contributed by atoms with Gasteiger partial charge in [0.2, 0.25) is 0 Å². The summed E-state index contributed by atoms with van der Waals surface area (Å²) in [7, 11) is -2.23. The van der Waals surface area contributed by atoms with Crippen LogP contribution in [0.25, 0.3) is 10.4 Å². The molecule has 1 unspecified atom stereocenters. The smallest absolute Gasteiger partial charge is 0.419 e. The fourth-order valence-corrected chi connectivity index (χ4v) is 6.44. The van der Waals surface area contributed by atoms with Crippen molar-refractivity contribution in [2.45, 2.75) is 22.9 Å². The summed E-state index contributed by atoms with van der Waals surface area (Å²) >= 11 is 7.24. The number of hydrogen-bond acceptors (Lipinski definition) is 5. The minimum Gasteiger partial charge on any atom is -0.488 e. The van der Waals surface area contributed by atoms with Gasteiger partial charge in [-0.05, 0) is 37.2 Å². The molecule has 0 radical (unpaired) electrons. The van der Waals surface area contributed by atoms with Crippen LogP contribution >= 0.6 is 22.9 Å². The standard InChI is InChI=1S/C22H20ClF3N2O3S2/c1-28-10-9-16(13-28)31-19-11-15(7-8-17(19)22(24,25)26)27-33(29,30)20-12-18(23)21(32-20)14-5-3-2-4-6-14/h2-8,11-12,16,27H,9-10,13H2,1H3. The second-order valence-corrected chi connectivity index (χ2v) is 11.1. The first-order chi connectivity index (χ1) is 15.5. The van der Waals surface area contributed by atoms with E-state index in [9.17, 15) is 21.6 Å². The van der Waals surface area contributed by atoms with Gasteiger partial charge in [0.15, 0.2) is 0 Å². The van der Waals surface area contributed by atoms with Crippen molar-refractivity contribution in [1.82, 2.24) is 4.90 Å². The zero-order valence-corrected chi connectivity index (χ0v) is 19.8. The summed E-state index contributed by atoms with van der Waals surface area (Å²) in [5, 5.41) is 0.272. The Bertz CT molecular complexity index is 1250. The molecule has 4 rings (SSSR count). The van der Waals surface area contributed by atoms with Crippen molar-refractivity contribution < 1.29 is 26.3 Å². The number of hydrogen-bond donors (Lipinski definition) is 1. The molecule has 1 atom stereocenters. The van der Waals surface area contributed by atoms with Crippen LogP contribution in [0, 0.1) is 0 Å². The van der Waals surface area contributed by atoms with E-state index in [1.54, 1.807) is 0 Å². The van der Waals surface area contributed by atoms with E-state index < -0.39 is 33.6 Å². The van der Waals surface area contributed by atoms with Crippen LogP contribution in [-0.2, 0) is 16.2 Å².